The van der Waals surface area contributed by atoms with Gasteiger partial charge in [-0.25, -0.2) is 8.42 Å². The summed E-state index contributed by atoms with van der Waals surface area (Å²) >= 11 is 6.00. The predicted molar refractivity (Wildman–Crippen MR) is 88.3 cm³/mol. The molecule has 1 amide bonds. The van der Waals surface area contributed by atoms with Crippen molar-refractivity contribution in [3.8, 4) is 0 Å². The average molecular weight is 338 g/mol. The molecule has 2 rings (SSSR count). The highest BCUT2D eigenvalue weighted by molar-refractivity contribution is 7.90. The van der Waals surface area contributed by atoms with Gasteiger partial charge in [-0.3, -0.25) is 4.79 Å². The second-order valence-electron chi connectivity index (χ2n) is 4.92. The van der Waals surface area contributed by atoms with Gasteiger partial charge in [-0.1, -0.05) is 30.7 Å². The van der Waals surface area contributed by atoms with Gasteiger partial charge in [0.2, 0.25) is 0 Å². The van der Waals surface area contributed by atoms with E-state index in [2.05, 4.69) is 5.32 Å². The molecule has 116 valence electrons. The maximum atomic E-state index is 12.3. The standard InChI is InChI=1S/C16H16ClNO3S/c1-3-11-4-6-12(7-5-11)18-16(19)14-10-13(22(2,20)21)8-9-15(14)17/h4-10H,3H2,1-2H3,(H,18,19). The lowest BCUT2D eigenvalue weighted by atomic mass is 10.1. The van der Waals surface area contributed by atoms with Crippen molar-refractivity contribution in [2.24, 2.45) is 0 Å². The van der Waals surface area contributed by atoms with Crippen molar-refractivity contribution >= 4 is 33.0 Å². The summed E-state index contributed by atoms with van der Waals surface area (Å²) in [6.07, 6.45) is 2.00. The molecule has 0 aliphatic heterocycles. The van der Waals surface area contributed by atoms with Crippen molar-refractivity contribution in [2.45, 2.75) is 18.2 Å². The molecule has 0 fully saturated rings. The monoisotopic (exact) mass is 337 g/mol. The quantitative estimate of drug-likeness (QED) is 0.927. The van der Waals surface area contributed by atoms with E-state index in [0.717, 1.165) is 18.2 Å². The molecule has 0 unspecified atom stereocenters. The molecule has 0 atom stereocenters. The summed E-state index contributed by atoms with van der Waals surface area (Å²) in [6, 6.07) is 11.5. The van der Waals surface area contributed by atoms with Crippen LogP contribution < -0.4 is 5.32 Å². The minimum Gasteiger partial charge on any atom is -0.322 e. The third-order valence-electron chi connectivity index (χ3n) is 3.23. The third-order valence-corrected chi connectivity index (χ3v) is 4.67. The van der Waals surface area contributed by atoms with Crippen LogP contribution in [0.25, 0.3) is 0 Å². The number of carbonyl (C=O) groups excluding carboxylic acids is 1. The van der Waals surface area contributed by atoms with Gasteiger partial charge in [0.1, 0.15) is 0 Å². The zero-order valence-electron chi connectivity index (χ0n) is 12.3. The molecule has 0 spiro atoms. The molecular weight excluding hydrogens is 322 g/mol. The molecule has 0 saturated heterocycles. The van der Waals surface area contributed by atoms with Gasteiger partial charge in [0.15, 0.2) is 9.84 Å². The van der Waals surface area contributed by atoms with Crippen LogP contribution in [0, 0.1) is 0 Å². The number of hydrogen-bond acceptors (Lipinski definition) is 3. The fourth-order valence-electron chi connectivity index (χ4n) is 1.93. The van der Waals surface area contributed by atoms with E-state index in [4.69, 9.17) is 11.6 Å². The van der Waals surface area contributed by atoms with Crippen molar-refractivity contribution in [3.63, 3.8) is 0 Å². The van der Waals surface area contributed by atoms with Crippen molar-refractivity contribution < 1.29 is 13.2 Å². The number of benzene rings is 2. The molecule has 0 radical (unpaired) electrons. The number of amides is 1. The Hall–Kier alpha value is -1.85. The van der Waals surface area contributed by atoms with E-state index in [-0.39, 0.29) is 15.5 Å². The zero-order valence-corrected chi connectivity index (χ0v) is 13.8. The first-order chi connectivity index (χ1) is 10.3. The molecule has 2 aromatic rings. The number of halogens is 1. The zero-order chi connectivity index (χ0) is 16.3. The summed E-state index contributed by atoms with van der Waals surface area (Å²) < 4.78 is 23.1. The van der Waals surface area contributed by atoms with Crippen molar-refractivity contribution in [3.05, 3.63) is 58.6 Å². The Morgan fingerprint density at radius 2 is 1.77 bits per heavy atom. The van der Waals surface area contributed by atoms with E-state index in [1.807, 2.05) is 19.1 Å². The Labute approximate surface area is 135 Å². The second-order valence-corrected chi connectivity index (χ2v) is 7.34. The Morgan fingerprint density at radius 1 is 1.14 bits per heavy atom. The Kier molecular flexibility index (Phi) is 4.88. The Balaban J connectivity index is 2.28. The van der Waals surface area contributed by atoms with Gasteiger partial charge in [0.25, 0.3) is 5.91 Å². The van der Waals surface area contributed by atoms with Crippen LogP contribution in [0.2, 0.25) is 5.02 Å². The van der Waals surface area contributed by atoms with Gasteiger partial charge in [-0.05, 0) is 42.3 Å². The van der Waals surface area contributed by atoms with E-state index >= 15 is 0 Å². The fourth-order valence-corrected chi connectivity index (χ4v) is 2.78. The summed E-state index contributed by atoms with van der Waals surface area (Å²) in [7, 11) is -3.40. The van der Waals surface area contributed by atoms with Gasteiger partial charge >= 0.3 is 0 Å². The SMILES string of the molecule is CCc1ccc(NC(=O)c2cc(S(C)(=O)=O)ccc2Cl)cc1. The van der Waals surface area contributed by atoms with Gasteiger partial charge in [-0.2, -0.15) is 0 Å². The first kappa shape index (κ1) is 16.5. The minimum atomic E-state index is -3.40. The highest BCUT2D eigenvalue weighted by Crippen LogP contribution is 2.22. The van der Waals surface area contributed by atoms with E-state index in [0.29, 0.717) is 5.69 Å². The van der Waals surface area contributed by atoms with Crippen molar-refractivity contribution in [2.75, 3.05) is 11.6 Å². The van der Waals surface area contributed by atoms with Crippen LogP contribution in [-0.4, -0.2) is 20.6 Å². The fraction of sp³-hybridized carbons (Fsp3) is 0.188. The molecular formula is C16H16ClNO3S. The topological polar surface area (TPSA) is 63.2 Å². The van der Waals surface area contributed by atoms with Crippen LogP contribution in [0.15, 0.2) is 47.4 Å². The first-order valence-corrected chi connectivity index (χ1v) is 8.98. The number of rotatable bonds is 4. The van der Waals surface area contributed by atoms with Crippen LogP contribution in [0.4, 0.5) is 5.69 Å². The van der Waals surface area contributed by atoms with Crippen LogP contribution in [0.1, 0.15) is 22.8 Å². The lowest BCUT2D eigenvalue weighted by Crippen LogP contribution is -2.13. The summed E-state index contributed by atoms with van der Waals surface area (Å²) in [5, 5.41) is 2.91. The van der Waals surface area contributed by atoms with Gasteiger partial charge < -0.3 is 5.32 Å². The maximum Gasteiger partial charge on any atom is 0.257 e. The molecule has 2 aromatic carbocycles. The molecule has 0 bridgehead atoms. The molecule has 4 nitrogen and oxygen atoms in total. The van der Waals surface area contributed by atoms with E-state index in [9.17, 15) is 13.2 Å². The highest BCUT2D eigenvalue weighted by atomic mass is 35.5. The summed E-state index contributed by atoms with van der Waals surface area (Å²) in [6.45, 7) is 2.05. The van der Waals surface area contributed by atoms with Gasteiger partial charge in [0, 0.05) is 11.9 Å². The number of aryl methyl sites for hydroxylation is 1. The third kappa shape index (κ3) is 3.87. The van der Waals surface area contributed by atoms with E-state index < -0.39 is 15.7 Å². The normalized spacial score (nSPS) is 11.2. The van der Waals surface area contributed by atoms with Crippen LogP contribution in [-0.2, 0) is 16.3 Å². The van der Waals surface area contributed by atoms with Gasteiger partial charge in [0.05, 0.1) is 15.5 Å². The van der Waals surface area contributed by atoms with E-state index in [1.165, 1.54) is 18.2 Å². The minimum absolute atomic E-state index is 0.0587. The van der Waals surface area contributed by atoms with Crippen LogP contribution in [0.3, 0.4) is 0 Å². The number of carbonyl (C=O) groups is 1. The lowest BCUT2D eigenvalue weighted by molar-refractivity contribution is 0.102. The Bertz CT molecular complexity index is 799. The number of hydrogen-bond donors (Lipinski definition) is 1. The smallest absolute Gasteiger partial charge is 0.257 e. The molecule has 0 aliphatic rings. The molecule has 6 heteroatoms. The van der Waals surface area contributed by atoms with E-state index in [1.54, 1.807) is 12.1 Å². The summed E-state index contributed by atoms with van der Waals surface area (Å²) in [4.78, 5) is 12.3. The van der Waals surface area contributed by atoms with Crippen LogP contribution in [0.5, 0.6) is 0 Å². The summed E-state index contributed by atoms with van der Waals surface area (Å²) in [5.74, 6) is -0.445. The second kappa shape index (κ2) is 6.50. The van der Waals surface area contributed by atoms with Crippen molar-refractivity contribution in [1.29, 1.82) is 0 Å². The molecule has 1 N–H and O–H groups in total. The highest BCUT2D eigenvalue weighted by Gasteiger charge is 2.15. The number of nitrogens with one attached hydrogen (secondary N) is 1. The first-order valence-electron chi connectivity index (χ1n) is 6.71. The number of anilines is 1. The predicted octanol–water partition coefficient (Wildman–Crippen LogP) is 3.56. The van der Waals surface area contributed by atoms with Gasteiger partial charge in [-0.15, -0.1) is 0 Å². The average Bonchev–Trinajstić information content (AvgIpc) is 2.47. The summed E-state index contributed by atoms with van der Waals surface area (Å²) in [5.41, 5.74) is 1.92. The maximum absolute atomic E-state index is 12.3. The molecule has 0 saturated carbocycles. The Morgan fingerprint density at radius 3 is 2.32 bits per heavy atom. The largest absolute Gasteiger partial charge is 0.322 e. The van der Waals surface area contributed by atoms with Crippen molar-refractivity contribution in [1.82, 2.24) is 0 Å². The molecule has 0 heterocycles. The van der Waals surface area contributed by atoms with Crippen LogP contribution >= 0.6 is 11.6 Å². The number of sulfone groups is 1. The lowest BCUT2D eigenvalue weighted by Gasteiger charge is -2.09. The molecule has 22 heavy (non-hydrogen) atoms. The molecule has 0 aliphatic carbocycles. The molecule has 0 aromatic heterocycles.